The molecule has 0 unspecified atom stereocenters. The number of aromatic nitrogens is 3. The van der Waals surface area contributed by atoms with Crippen LogP contribution < -0.4 is 0 Å². The molecular weight excluding hydrogens is 286 g/mol. The Hall–Kier alpha value is -2.88. The number of benzene rings is 2. The van der Waals surface area contributed by atoms with E-state index in [1.165, 1.54) is 5.56 Å². The van der Waals surface area contributed by atoms with E-state index in [1.54, 1.807) is 4.68 Å². The molecule has 0 saturated carbocycles. The van der Waals surface area contributed by atoms with Gasteiger partial charge in [-0.2, -0.15) is 4.68 Å². The normalized spacial score (nSPS) is 12.6. The smallest absolute Gasteiger partial charge is 0.216 e. The summed E-state index contributed by atoms with van der Waals surface area (Å²) in [6.07, 6.45) is 3.98. The van der Waals surface area contributed by atoms with Gasteiger partial charge in [0.05, 0.1) is 12.1 Å². The van der Waals surface area contributed by atoms with E-state index in [4.69, 9.17) is 4.74 Å². The van der Waals surface area contributed by atoms with E-state index in [0.29, 0.717) is 12.5 Å². The van der Waals surface area contributed by atoms with Crippen LogP contribution in [0.15, 0.2) is 66.7 Å². The van der Waals surface area contributed by atoms with Gasteiger partial charge in [0.2, 0.25) is 5.88 Å². The summed E-state index contributed by atoms with van der Waals surface area (Å²) < 4.78 is 7.49. The summed E-state index contributed by atoms with van der Waals surface area (Å²) in [6.45, 7) is 4.60. The molecule has 1 aromatic heterocycles. The zero-order valence-corrected chi connectivity index (χ0v) is 13.3. The van der Waals surface area contributed by atoms with Crippen molar-refractivity contribution in [3.63, 3.8) is 0 Å². The molecule has 0 saturated heterocycles. The fourth-order valence-electron chi connectivity index (χ4n) is 2.35. The van der Waals surface area contributed by atoms with Gasteiger partial charge in [0.1, 0.15) is 5.52 Å². The minimum Gasteiger partial charge on any atom is -0.478 e. The van der Waals surface area contributed by atoms with Gasteiger partial charge in [-0.1, -0.05) is 53.8 Å². The molecule has 3 aromatic rings. The molecular formula is C19H19N3O. The molecule has 4 heteroatoms. The number of hydrogen-bond acceptors (Lipinski definition) is 3. The summed E-state index contributed by atoms with van der Waals surface area (Å²) in [6, 6.07) is 18.1. The summed E-state index contributed by atoms with van der Waals surface area (Å²) in [5, 5.41) is 8.39. The molecule has 0 aliphatic carbocycles. The van der Waals surface area contributed by atoms with Crippen LogP contribution in [0.2, 0.25) is 0 Å². The Labute approximate surface area is 135 Å². The molecule has 0 aliphatic rings. The summed E-state index contributed by atoms with van der Waals surface area (Å²) in [5.41, 5.74) is 4.12. The number of fused-ring (bicyclic) bond motifs is 1. The van der Waals surface area contributed by atoms with E-state index in [0.717, 1.165) is 16.6 Å². The molecule has 0 bridgehead atoms. The quantitative estimate of drug-likeness (QED) is 0.519. The first-order valence-electron chi connectivity index (χ1n) is 7.67. The van der Waals surface area contributed by atoms with Crippen LogP contribution in [-0.4, -0.2) is 21.6 Å². The lowest BCUT2D eigenvalue weighted by atomic mass is 10.1. The van der Waals surface area contributed by atoms with Crippen molar-refractivity contribution < 1.29 is 4.74 Å². The lowest BCUT2D eigenvalue weighted by molar-refractivity contribution is 0.273. The van der Waals surface area contributed by atoms with Crippen molar-refractivity contribution in [1.82, 2.24) is 15.0 Å². The molecule has 0 radical (unpaired) electrons. The maximum Gasteiger partial charge on any atom is 0.216 e. The van der Waals surface area contributed by atoms with Crippen molar-refractivity contribution in [3.8, 4) is 0 Å². The first-order chi connectivity index (χ1) is 11.3. The van der Waals surface area contributed by atoms with Gasteiger partial charge in [-0.15, -0.1) is 5.10 Å². The molecule has 116 valence electrons. The number of rotatable bonds is 5. The maximum atomic E-state index is 5.76. The Kier molecular flexibility index (Phi) is 4.52. The Bertz CT molecular complexity index is 847. The number of allylic oxidation sites excluding steroid dienone is 3. The van der Waals surface area contributed by atoms with Crippen molar-refractivity contribution in [2.45, 2.75) is 13.8 Å². The van der Waals surface area contributed by atoms with E-state index in [2.05, 4.69) is 29.4 Å². The number of hydrogen-bond donors (Lipinski definition) is 0. The summed E-state index contributed by atoms with van der Waals surface area (Å²) in [5.74, 6) is 0.663. The summed E-state index contributed by atoms with van der Waals surface area (Å²) >= 11 is 0. The van der Waals surface area contributed by atoms with Gasteiger partial charge >= 0.3 is 0 Å². The zero-order chi connectivity index (χ0) is 16.1. The van der Waals surface area contributed by atoms with Gasteiger partial charge in [0, 0.05) is 6.08 Å². The van der Waals surface area contributed by atoms with Gasteiger partial charge < -0.3 is 4.74 Å². The van der Waals surface area contributed by atoms with Gasteiger partial charge in [0.25, 0.3) is 0 Å². The monoisotopic (exact) mass is 305 g/mol. The third-order valence-electron chi connectivity index (χ3n) is 3.56. The summed E-state index contributed by atoms with van der Waals surface area (Å²) in [4.78, 5) is 0. The molecule has 4 nitrogen and oxygen atoms in total. The molecule has 0 spiro atoms. The second-order valence-corrected chi connectivity index (χ2v) is 5.14. The number of nitrogens with zero attached hydrogens (tertiary/aromatic N) is 3. The van der Waals surface area contributed by atoms with Crippen molar-refractivity contribution in [2.24, 2.45) is 0 Å². The van der Waals surface area contributed by atoms with Crippen LogP contribution in [0.25, 0.3) is 22.5 Å². The second-order valence-electron chi connectivity index (χ2n) is 5.14. The maximum absolute atomic E-state index is 5.76. The van der Waals surface area contributed by atoms with Crippen LogP contribution in [0.5, 0.6) is 0 Å². The predicted octanol–water partition coefficient (Wildman–Crippen LogP) is 4.37. The van der Waals surface area contributed by atoms with E-state index in [1.807, 2.05) is 61.5 Å². The highest BCUT2D eigenvalue weighted by atomic mass is 16.5. The van der Waals surface area contributed by atoms with E-state index in [-0.39, 0.29) is 0 Å². The predicted molar refractivity (Wildman–Crippen MR) is 93.5 cm³/mol. The fourth-order valence-corrected chi connectivity index (χ4v) is 2.35. The van der Waals surface area contributed by atoms with Gasteiger partial charge in [-0.25, -0.2) is 0 Å². The van der Waals surface area contributed by atoms with Crippen LogP contribution >= 0.6 is 0 Å². The SMILES string of the molecule is CCO/C(=C\C=C(/C)c1ccccc1)n1nnc2ccccc21. The zero-order valence-electron chi connectivity index (χ0n) is 13.3. The van der Waals surface area contributed by atoms with Crippen LogP contribution in [0.3, 0.4) is 0 Å². The molecule has 0 N–H and O–H groups in total. The van der Waals surface area contributed by atoms with Gasteiger partial charge in [-0.3, -0.25) is 0 Å². The van der Waals surface area contributed by atoms with Crippen molar-refractivity contribution in [3.05, 3.63) is 72.3 Å². The molecule has 2 aromatic carbocycles. The molecule has 1 heterocycles. The first kappa shape index (κ1) is 15.0. The third kappa shape index (κ3) is 3.31. The standard InChI is InChI=1S/C19H19N3O/c1-3-23-19(14-13-15(2)16-9-5-4-6-10-16)22-18-12-8-7-11-17(18)20-21-22/h4-14H,3H2,1-2H3/b15-13+,19-14-. The Morgan fingerprint density at radius 2 is 1.78 bits per heavy atom. The minimum atomic E-state index is 0.568. The first-order valence-corrected chi connectivity index (χ1v) is 7.67. The van der Waals surface area contributed by atoms with Crippen molar-refractivity contribution in [2.75, 3.05) is 6.61 Å². The topological polar surface area (TPSA) is 39.9 Å². The third-order valence-corrected chi connectivity index (χ3v) is 3.56. The van der Waals surface area contributed by atoms with Gasteiger partial charge in [0.15, 0.2) is 0 Å². The highest BCUT2D eigenvalue weighted by molar-refractivity contribution is 5.77. The van der Waals surface area contributed by atoms with E-state index in [9.17, 15) is 0 Å². The molecule has 0 amide bonds. The van der Waals surface area contributed by atoms with Crippen LogP contribution in [0, 0.1) is 0 Å². The van der Waals surface area contributed by atoms with E-state index < -0.39 is 0 Å². The Morgan fingerprint density at radius 3 is 2.57 bits per heavy atom. The Morgan fingerprint density at radius 1 is 1.04 bits per heavy atom. The Balaban J connectivity index is 1.98. The van der Waals surface area contributed by atoms with Crippen LogP contribution in [-0.2, 0) is 4.74 Å². The van der Waals surface area contributed by atoms with Crippen LogP contribution in [0.4, 0.5) is 0 Å². The number of para-hydroxylation sites is 1. The fraction of sp³-hybridized carbons (Fsp3) is 0.158. The summed E-state index contributed by atoms with van der Waals surface area (Å²) in [7, 11) is 0. The molecule has 23 heavy (non-hydrogen) atoms. The minimum absolute atomic E-state index is 0.568. The average molecular weight is 305 g/mol. The molecule has 0 aliphatic heterocycles. The van der Waals surface area contributed by atoms with E-state index >= 15 is 0 Å². The van der Waals surface area contributed by atoms with Gasteiger partial charge in [-0.05, 0) is 37.1 Å². The number of ether oxygens (including phenoxy) is 1. The highest BCUT2D eigenvalue weighted by Crippen LogP contribution is 2.18. The lowest BCUT2D eigenvalue weighted by Gasteiger charge is -2.08. The largest absolute Gasteiger partial charge is 0.478 e. The molecule has 0 fully saturated rings. The molecule has 3 rings (SSSR count). The van der Waals surface area contributed by atoms with Crippen molar-refractivity contribution >= 4 is 22.5 Å². The molecule has 0 atom stereocenters. The highest BCUT2D eigenvalue weighted by Gasteiger charge is 2.08. The van der Waals surface area contributed by atoms with Crippen LogP contribution in [0.1, 0.15) is 19.4 Å². The average Bonchev–Trinajstić information content (AvgIpc) is 3.03. The van der Waals surface area contributed by atoms with Crippen molar-refractivity contribution in [1.29, 1.82) is 0 Å². The second kappa shape index (κ2) is 6.92. The lowest BCUT2D eigenvalue weighted by Crippen LogP contribution is -2.03.